The molecule has 0 amide bonds. The van der Waals surface area contributed by atoms with E-state index in [1.807, 2.05) is 42.5 Å². The average Bonchev–Trinajstić information content (AvgIpc) is 2.67. The Bertz CT molecular complexity index is 1130. The van der Waals surface area contributed by atoms with Gasteiger partial charge in [0, 0.05) is 5.39 Å². The predicted molar refractivity (Wildman–Crippen MR) is 101 cm³/mol. The first-order valence-electron chi connectivity index (χ1n) is 8.17. The number of carbonyl (C=O) groups is 1. The molecular weight excluding hydrogens is 328 g/mol. The summed E-state index contributed by atoms with van der Waals surface area (Å²) in [7, 11) is 1.43. The summed E-state index contributed by atoms with van der Waals surface area (Å²) in [5.41, 5.74) is 0.0575. The van der Waals surface area contributed by atoms with Crippen LogP contribution in [0.5, 0.6) is 17.2 Å². The molecule has 4 aromatic carbocycles. The van der Waals surface area contributed by atoms with Crippen LogP contribution in [0.3, 0.4) is 0 Å². The van der Waals surface area contributed by atoms with Gasteiger partial charge in [-0.15, -0.1) is 0 Å². The molecule has 4 aromatic rings. The number of hydrogen-bond donors (Lipinski definition) is 1. The van der Waals surface area contributed by atoms with Crippen LogP contribution in [0.25, 0.3) is 21.5 Å². The number of fused-ring (bicyclic) bond motifs is 2. The summed E-state index contributed by atoms with van der Waals surface area (Å²) in [5, 5.41) is 14.2. The molecule has 0 radical (unpaired) electrons. The highest BCUT2D eigenvalue weighted by Gasteiger charge is 2.18. The lowest BCUT2D eigenvalue weighted by Crippen LogP contribution is -2.09. The molecule has 1 N–H and O–H groups in total. The van der Waals surface area contributed by atoms with Crippen molar-refractivity contribution in [1.82, 2.24) is 0 Å². The van der Waals surface area contributed by atoms with Gasteiger partial charge in [-0.05, 0) is 46.5 Å². The lowest BCUT2D eigenvalue weighted by molar-refractivity contribution is 0.0733. The van der Waals surface area contributed by atoms with Crippen LogP contribution < -0.4 is 9.47 Å². The van der Waals surface area contributed by atoms with Gasteiger partial charge >= 0.3 is 5.97 Å². The average molecular weight is 344 g/mol. The Labute approximate surface area is 150 Å². The maximum absolute atomic E-state index is 12.6. The molecule has 26 heavy (non-hydrogen) atoms. The summed E-state index contributed by atoms with van der Waals surface area (Å²) in [5.74, 6) is -0.198. The van der Waals surface area contributed by atoms with Gasteiger partial charge in [0.1, 0.15) is 11.3 Å². The maximum atomic E-state index is 12.6. The van der Waals surface area contributed by atoms with Gasteiger partial charge in [-0.2, -0.15) is 0 Å². The normalized spacial score (nSPS) is 10.8. The van der Waals surface area contributed by atoms with Crippen molar-refractivity contribution in [1.29, 1.82) is 0 Å². The van der Waals surface area contributed by atoms with Crippen molar-refractivity contribution in [3.63, 3.8) is 0 Å². The topological polar surface area (TPSA) is 55.8 Å². The Kier molecular flexibility index (Phi) is 3.93. The zero-order chi connectivity index (χ0) is 18.1. The quantitative estimate of drug-likeness (QED) is 0.325. The number of rotatable bonds is 3. The number of esters is 1. The lowest BCUT2D eigenvalue weighted by atomic mass is 10.0. The molecular formula is C22H16O4. The van der Waals surface area contributed by atoms with E-state index in [2.05, 4.69) is 6.07 Å². The van der Waals surface area contributed by atoms with E-state index in [-0.39, 0.29) is 17.1 Å². The van der Waals surface area contributed by atoms with Crippen molar-refractivity contribution >= 4 is 27.5 Å². The maximum Gasteiger partial charge on any atom is 0.347 e. The van der Waals surface area contributed by atoms with E-state index in [9.17, 15) is 9.90 Å². The number of aromatic hydroxyl groups is 1. The summed E-state index contributed by atoms with van der Waals surface area (Å²) >= 11 is 0. The summed E-state index contributed by atoms with van der Waals surface area (Å²) in [6.07, 6.45) is 0. The number of phenols is 1. The fraction of sp³-hybridized carbons (Fsp3) is 0.0455. The fourth-order valence-electron chi connectivity index (χ4n) is 3.03. The van der Waals surface area contributed by atoms with Crippen LogP contribution in [0.15, 0.2) is 72.8 Å². The van der Waals surface area contributed by atoms with Crippen molar-refractivity contribution in [3.8, 4) is 17.2 Å². The molecule has 0 atom stereocenters. The Balaban J connectivity index is 1.77. The zero-order valence-electron chi connectivity index (χ0n) is 14.1. The molecule has 0 unspecified atom stereocenters. The number of ether oxygens (including phenoxy) is 2. The third-order valence-electron chi connectivity index (χ3n) is 4.35. The fourth-order valence-corrected chi connectivity index (χ4v) is 3.03. The molecule has 0 aromatic heterocycles. The van der Waals surface area contributed by atoms with E-state index in [4.69, 9.17) is 9.47 Å². The number of methoxy groups -OCH3 is 1. The summed E-state index contributed by atoms with van der Waals surface area (Å²) < 4.78 is 10.6. The number of para-hydroxylation sites is 1. The van der Waals surface area contributed by atoms with Crippen molar-refractivity contribution in [2.45, 2.75) is 0 Å². The van der Waals surface area contributed by atoms with Crippen LogP contribution in [0.1, 0.15) is 10.4 Å². The highest BCUT2D eigenvalue weighted by molar-refractivity contribution is 6.03. The monoisotopic (exact) mass is 344 g/mol. The highest BCUT2D eigenvalue weighted by Crippen LogP contribution is 2.33. The lowest BCUT2D eigenvalue weighted by Gasteiger charge is -2.11. The summed E-state index contributed by atoms with van der Waals surface area (Å²) in [6, 6.07) is 22.3. The summed E-state index contributed by atoms with van der Waals surface area (Å²) in [6.45, 7) is 0. The third-order valence-corrected chi connectivity index (χ3v) is 4.35. The number of carbonyl (C=O) groups excluding carboxylic acids is 1. The Hall–Kier alpha value is -3.53. The van der Waals surface area contributed by atoms with Crippen LogP contribution in [-0.4, -0.2) is 18.2 Å². The number of benzene rings is 4. The molecule has 0 aliphatic heterocycles. The van der Waals surface area contributed by atoms with Crippen LogP contribution in [0.4, 0.5) is 0 Å². The third kappa shape index (κ3) is 2.71. The minimum atomic E-state index is -0.637. The molecule has 0 aliphatic carbocycles. The molecule has 4 nitrogen and oxygen atoms in total. The smallest absolute Gasteiger partial charge is 0.347 e. The second-order valence-corrected chi connectivity index (χ2v) is 5.92. The van der Waals surface area contributed by atoms with Gasteiger partial charge in [-0.1, -0.05) is 42.5 Å². The van der Waals surface area contributed by atoms with Crippen molar-refractivity contribution < 1.29 is 19.4 Å². The van der Waals surface area contributed by atoms with Gasteiger partial charge in [0.15, 0.2) is 11.5 Å². The molecule has 4 rings (SSSR count). The Morgan fingerprint density at radius 1 is 0.808 bits per heavy atom. The van der Waals surface area contributed by atoms with Gasteiger partial charge in [-0.25, -0.2) is 4.79 Å². The number of hydrogen-bond acceptors (Lipinski definition) is 4. The molecule has 0 aliphatic rings. The van der Waals surface area contributed by atoms with Gasteiger partial charge in [0.25, 0.3) is 0 Å². The van der Waals surface area contributed by atoms with Crippen LogP contribution in [0, 0.1) is 0 Å². The van der Waals surface area contributed by atoms with Gasteiger partial charge in [0.05, 0.1) is 7.11 Å². The number of phenolic OH excluding ortho intramolecular Hbond substituents is 1. The molecule has 128 valence electrons. The molecule has 0 saturated heterocycles. The van der Waals surface area contributed by atoms with Crippen molar-refractivity contribution in [3.05, 3.63) is 78.4 Å². The first kappa shape index (κ1) is 16.0. The van der Waals surface area contributed by atoms with Gasteiger partial charge in [-0.3, -0.25) is 0 Å². The highest BCUT2D eigenvalue weighted by atomic mass is 16.5. The van der Waals surface area contributed by atoms with E-state index >= 15 is 0 Å². The van der Waals surface area contributed by atoms with Crippen molar-refractivity contribution in [2.24, 2.45) is 0 Å². The SMILES string of the molecule is COc1cccc(C(=O)Oc2cccc3cc4ccccc4cc23)c1O. The summed E-state index contributed by atoms with van der Waals surface area (Å²) in [4.78, 5) is 12.6. The first-order chi connectivity index (χ1) is 12.7. The van der Waals surface area contributed by atoms with Crippen LogP contribution in [-0.2, 0) is 0 Å². The van der Waals surface area contributed by atoms with E-state index in [0.29, 0.717) is 5.75 Å². The van der Waals surface area contributed by atoms with Crippen LogP contribution in [0.2, 0.25) is 0 Å². The van der Waals surface area contributed by atoms with Crippen molar-refractivity contribution in [2.75, 3.05) is 7.11 Å². The van der Waals surface area contributed by atoms with E-state index in [0.717, 1.165) is 21.5 Å². The molecule has 0 heterocycles. The minimum absolute atomic E-state index is 0.0575. The second kappa shape index (κ2) is 6.41. The minimum Gasteiger partial charge on any atom is -0.504 e. The molecule has 0 spiro atoms. The van der Waals surface area contributed by atoms with Gasteiger partial charge < -0.3 is 14.6 Å². The molecule has 0 saturated carbocycles. The van der Waals surface area contributed by atoms with Crippen LogP contribution >= 0.6 is 0 Å². The van der Waals surface area contributed by atoms with E-state index < -0.39 is 5.97 Å². The second-order valence-electron chi connectivity index (χ2n) is 5.92. The Morgan fingerprint density at radius 2 is 1.46 bits per heavy atom. The molecule has 0 bridgehead atoms. The van der Waals surface area contributed by atoms with E-state index in [1.165, 1.54) is 13.2 Å². The first-order valence-corrected chi connectivity index (χ1v) is 8.17. The van der Waals surface area contributed by atoms with Gasteiger partial charge in [0.2, 0.25) is 0 Å². The zero-order valence-corrected chi connectivity index (χ0v) is 14.1. The largest absolute Gasteiger partial charge is 0.504 e. The Morgan fingerprint density at radius 3 is 2.23 bits per heavy atom. The molecule has 4 heteroatoms. The predicted octanol–water partition coefficient (Wildman–Crippen LogP) is 4.93. The van der Waals surface area contributed by atoms with E-state index in [1.54, 1.807) is 18.2 Å². The molecule has 0 fully saturated rings. The standard InChI is InChI=1S/C22H16O4/c1-25-20-11-5-9-17(21(20)23)22(24)26-19-10-4-8-16-12-14-6-2-3-7-15(14)13-18(16)19/h2-13,23H,1H3.